The Bertz CT molecular complexity index is 402. The maximum Gasteiger partial charge on any atom is 0.256 e. The zero-order valence-electron chi connectivity index (χ0n) is 9.20. The number of carbonyl (C=O) groups excluding carboxylic acids is 1. The van der Waals surface area contributed by atoms with Crippen molar-refractivity contribution in [3.8, 4) is 0 Å². The van der Waals surface area contributed by atoms with Crippen molar-refractivity contribution in [3.63, 3.8) is 0 Å². The van der Waals surface area contributed by atoms with Crippen LogP contribution < -0.4 is 0 Å². The van der Waals surface area contributed by atoms with Gasteiger partial charge in [-0.1, -0.05) is 12.1 Å². The van der Waals surface area contributed by atoms with Crippen LogP contribution in [0.5, 0.6) is 0 Å². The quantitative estimate of drug-likeness (QED) is 0.749. The van der Waals surface area contributed by atoms with E-state index >= 15 is 0 Å². The van der Waals surface area contributed by atoms with E-state index in [9.17, 15) is 9.18 Å². The summed E-state index contributed by atoms with van der Waals surface area (Å²) in [4.78, 5) is 13.8. The standard InChI is InChI=1S/C12H14FNOS/c1-9-3-2-4-10(11(9)13)12(15)14-5-7-16-8-6-14/h2-4H,5-8H2,1H3. The normalized spacial score (nSPS) is 16.2. The van der Waals surface area contributed by atoms with Crippen molar-refractivity contribution in [2.75, 3.05) is 24.6 Å². The van der Waals surface area contributed by atoms with Crippen LogP contribution in [-0.4, -0.2) is 35.4 Å². The molecule has 0 saturated carbocycles. The van der Waals surface area contributed by atoms with Gasteiger partial charge in [0.2, 0.25) is 0 Å². The van der Waals surface area contributed by atoms with E-state index in [1.54, 1.807) is 30.0 Å². The van der Waals surface area contributed by atoms with Gasteiger partial charge in [0.15, 0.2) is 0 Å². The van der Waals surface area contributed by atoms with E-state index in [0.717, 1.165) is 24.6 Å². The van der Waals surface area contributed by atoms with Crippen molar-refractivity contribution in [2.24, 2.45) is 0 Å². The van der Waals surface area contributed by atoms with E-state index in [4.69, 9.17) is 0 Å². The Labute approximate surface area is 98.8 Å². The molecular weight excluding hydrogens is 225 g/mol. The Morgan fingerprint density at radius 3 is 2.75 bits per heavy atom. The molecule has 1 aliphatic rings. The Hall–Kier alpha value is -1.03. The van der Waals surface area contributed by atoms with Crippen molar-refractivity contribution < 1.29 is 9.18 Å². The highest BCUT2D eigenvalue weighted by molar-refractivity contribution is 7.99. The van der Waals surface area contributed by atoms with Crippen LogP contribution in [0.3, 0.4) is 0 Å². The first-order valence-electron chi connectivity index (χ1n) is 5.32. The third-order valence-electron chi connectivity index (χ3n) is 2.72. The van der Waals surface area contributed by atoms with Gasteiger partial charge in [-0.2, -0.15) is 11.8 Å². The first kappa shape index (κ1) is 11.5. The number of thioether (sulfide) groups is 1. The fourth-order valence-electron chi connectivity index (χ4n) is 1.75. The first-order chi connectivity index (χ1) is 7.70. The van der Waals surface area contributed by atoms with Crippen molar-refractivity contribution in [2.45, 2.75) is 6.92 Å². The van der Waals surface area contributed by atoms with Crippen LogP contribution >= 0.6 is 11.8 Å². The predicted molar refractivity (Wildman–Crippen MR) is 64.4 cm³/mol. The second kappa shape index (κ2) is 4.87. The zero-order valence-corrected chi connectivity index (χ0v) is 10.0. The van der Waals surface area contributed by atoms with E-state index in [-0.39, 0.29) is 17.3 Å². The van der Waals surface area contributed by atoms with E-state index in [2.05, 4.69) is 0 Å². The third-order valence-corrected chi connectivity index (χ3v) is 3.66. The minimum atomic E-state index is -0.384. The van der Waals surface area contributed by atoms with Crippen LogP contribution in [0.4, 0.5) is 4.39 Å². The van der Waals surface area contributed by atoms with Gasteiger partial charge in [-0.15, -0.1) is 0 Å². The molecule has 86 valence electrons. The summed E-state index contributed by atoms with van der Waals surface area (Å²) in [5.74, 6) is 1.32. The van der Waals surface area contributed by atoms with Gasteiger partial charge >= 0.3 is 0 Å². The van der Waals surface area contributed by atoms with Crippen LogP contribution in [0.1, 0.15) is 15.9 Å². The summed E-state index contributed by atoms with van der Waals surface area (Å²) in [6, 6.07) is 4.97. The number of benzene rings is 1. The number of carbonyl (C=O) groups is 1. The molecule has 2 rings (SSSR count). The summed E-state index contributed by atoms with van der Waals surface area (Å²) in [6.07, 6.45) is 0. The molecule has 1 amide bonds. The second-order valence-corrected chi connectivity index (χ2v) is 5.07. The van der Waals surface area contributed by atoms with Gasteiger partial charge in [0, 0.05) is 24.6 Å². The Balaban J connectivity index is 2.22. The van der Waals surface area contributed by atoms with Gasteiger partial charge in [0.1, 0.15) is 5.82 Å². The number of hydrogen-bond donors (Lipinski definition) is 0. The van der Waals surface area contributed by atoms with Crippen LogP contribution in [0, 0.1) is 12.7 Å². The molecule has 1 aromatic carbocycles. The Morgan fingerprint density at radius 2 is 2.06 bits per heavy atom. The largest absolute Gasteiger partial charge is 0.337 e. The van der Waals surface area contributed by atoms with Gasteiger partial charge in [0.25, 0.3) is 5.91 Å². The van der Waals surface area contributed by atoms with E-state index in [1.807, 2.05) is 11.8 Å². The topological polar surface area (TPSA) is 20.3 Å². The summed E-state index contributed by atoms with van der Waals surface area (Å²) in [5, 5.41) is 0. The van der Waals surface area contributed by atoms with Crippen molar-refractivity contribution in [1.82, 2.24) is 4.90 Å². The maximum absolute atomic E-state index is 13.8. The molecule has 0 radical (unpaired) electrons. The Morgan fingerprint density at radius 1 is 1.38 bits per heavy atom. The Kier molecular flexibility index (Phi) is 3.49. The van der Waals surface area contributed by atoms with Crippen molar-refractivity contribution >= 4 is 17.7 Å². The lowest BCUT2D eigenvalue weighted by molar-refractivity contribution is 0.0767. The SMILES string of the molecule is Cc1cccc(C(=O)N2CCSCC2)c1F. The van der Waals surface area contributed by atoms with Crippen molar-refractivity contribution in [1.29, 1.82) is 0 Å². The fourth-order valence-corrected chi connectivity index (χ4v) is 2.65. The molecule has 1 aliphatic heterocycles. The van der Waals surface area contributed by atoms with Crippen molar-refractivity contribution in [3.05, 3.63) is 35.1 Å². The molecule has 0 aromatic heterocycles. The van der Waals surface area contributed by atoms with Gasteiger partial charge in [0.05, 0.1) is 5.56 Å². The molecule has 0 N–H and O–H groups in total. The monoisotopic (exact) mass is 239 g/mol. The number of nitrogens with zero attached hydrogens (tertiary/aromatic N) is 1. The number of aryl methyl sites for hydroxylation is 1. The van der Waals surface area contributed by atoms with E-state index in [1.165, 1.54) is 0 Å². The summed E-state index contributed by atoms with van der Waals surface area (Å²) in [5.41, 5.74) is 0.726. The molecule has 1 aromatic rings. The highest BCUT2D eigenvalue weighted by Crippen LogP contribution is 2.17. The molecule has 0 atom stereocenters. The average molecular weight is 239 g/mol. The van der Waals surface area contributed by atoms with Gasteiger partial charge in [-0.25, -0.2) is 4.39 Å². The lowest BCUT2D eigenvalue weighted by atomic mass is 10.1. The van der Waals surface area contributed by atoms with E-state index in [0.29, 0.717) is 5.56 Å². The molecule has 0 bridgehead atoms. The highest BCUT2D eigenvalue weighted by Gasteiger charge is 2.21. The van der Waals surface area contributed by atoms with Gasteiger partial charge < -0.3 is 4.90 Å². The van der Waals surface area contributed by atoms with Gasteiger partial charge in [-0.3, -0.25) is 4.79 Å². The number of amides is 1. The summed E-state index contributed by atoms with van der Waals surface area (Å²) in [6.45, 7) is 3.12. The molecular formula is C12H14FNOS. The van der Waals surface area contributed by atoms with Crippen LogP contribution in [0.15, 0.2) is 18.2 Å². The molecule has 0 aliphatic carbocycles. The lowest BCUT2D eigenvalue weighted by Gasteiger charge is -2.26. The molecule has 1 fully saturated rings. The van der Waals surface area contributed by atoms with Crippen LogP contribution in [0.2, 0.25) is 0 Å². The molecule has 0 spiro atoms. The molecule has 1 saturated heterocycles. The highest BCUT2D eigenvalue weighted by atomic mass is 32.2. The second-order valence-electron chi connectivity index (χ2n) is 3.84. The summed E-state index contributed by atoms with van der Waals surface area (Å²) < 4.78 is 13.8. The van der Waals surface area contributed by atoms with Gasteiger partial charge in [-0.05, 0) is 18.6 Å². The smallest absolute Gasteiger partial charge is 0.256 e. The number of rotatable bonds is 1. The minimum Gasteiger partial charge on any atom is -0.337 e. The molecule has 16 heavy (non-hydrogen) atoms. The third kappa shape index (κ3) is 2.21. The zero-order chi connectivity index (χ0) is 11.5. The van der Waals surface area contributed by atoms with E-state index < -0.39 is 0 Å². The molecule has 0 unspecified atom stereocenters. The minimum absolute atomic E-state index is 0.179. The summed E-state index contributed by atoms with van der Waals surface area (Å²) >= 11 is 1.83. The fraction of sp³-hybridized carbons (Fsp3) is 0.417. The lowest BCUT2D eigenvalue weighted by Crippen LogP contribution is -2.38. The molecule has 2 nitrogen and oxygen atoms in total. The predicted octanol–water partition coefficient (Wildman–Crippen LogP) is 2.32. The van der Waals surface area contributed by atoms with Crippen LogP contribution in [0.25, 0.3) is 0 Å². The molecule has 1 heterocycles. The first-order valence-corrected chi connectivity index (χ1v) is 6.48. The summed E-state index contributed by atoms with van der Waals surface area (Å²) in [7, 11) is 0. The average Bonchev–Trinajstić information content (AvgIpc) is 2.33. The maximum atomic E-state index is 13.8. The number of hydrogen-bond acceptors (Lipinski definition) is 2. The number of halogens is 1. The van der Waals surface area contributed by atoms with Crippen LogP contribution in [-0.2, 0) is 0 Å². The molecule has 4 heteroatoms.